The van der Waals surface area contributed by atoms with E-state index in [1.54, 1.807) is 12.1 Å². The van der Waals surface area contributed by atoms with Gasteiger partial charge in [0.2, 0.25) is 11.0 Å². The molecule has 11 nitrogen and oxygen atoms in total. The van der Waals surface area contributed by atoms with E-state index in [4.69, 9.17) is 17.2 Å². The van der Waals surface area contributed by atoms with Crippen LogP contribution in [0.1, 0.15) is 38.2 Å². The van der Waals surface area contributed by atoms with Crippen LogP contribution in [0, 0.1) is 0 Å². The zero-order chi connectivity index (χ0) is 25.5. The van der Waals surface area contributed by atoms with Crippen molar-refractivity contribution in [2.75, 3.05) is 13.1 Å². The molecule has 1 aromatic carbocycles. The van der Waals surface area contributed by atoms with Gasteiger partial charge in [-0.05, 0) is 60.7 Å². The number of nitrogens with one attached hydrogen (secondary N) is 4. The number of hydrazine groups is 1. The Morgan fingerprint density at radius 3 is 2.35 bits per heavy atom. The lowest BCUT2D eigenvalue weighted by Gasteiger charge is -2.25. The third kappa shape index (κ3) is 12.1. The van der Waals surface area contributed by atoms with Crippen LogP contribution in [-0.4, -0.2) is 59.4 Å². The highest BCUT2D eigenvalue weighted by molar-refractivity contribution is 8.74. The number of benzene rings is 1. The Bertz CT molecular complexity index is 768. The Morgan fingerprint density at radius 1 is 1.09 bits per heavy atom. The van der Waals surface area contributed by atoms with Gasteiger partial charge in [0.1, 0.15) is 12.0 Å². The van der Waals surface area contributed by atoms with E-state index in [0.717, 1.165) is 16.4 Å². The van der Waals surface area contributed by atoms with E-state index in [-0.39, 0.29) is 29.5 Å². The smallest absolute Gasteiger partial charge is 0.237 e. The molecule has 0 aromatic heterocycles. The van der Waals surface area contributed by atoms with Gasteiger partial charge in [-0.2, -0.15) is 0 Å². The average Bonchev–Trinajstić information content (AvgIpc) is 2.81. The van der Waals surface area contributed by atoms with Crippen LogP contribution in [0.15, 0.2) is 24.3 Å². The van der Waals surface area contributed by atoms with E-state index >= 15 is 0 Å². The molecular formula is C21H37N7O4S2. The van der Waals surface area contributed by atoms with E-state index in [1.165, 1.54) is 12.1 Å². The summed E-state index contributed by atoms with van der Waals surface area (Å²) in [6, 6.07) is 4.19. The van der Waals surface area contributed by atoms with Crippen molar-refractivity contribution in [2.24, 2.45) is 17.2 Å². The summed E-state index contributed by atoms with van der Waals surface area (Å²) >= 11 is 3.86. The second-order valence-corrected chi connectivity index (χ2v) is 8.99. The van der Waals surface area contributed by atoms with Crippen LogP contribution in [0.5, 0.6) is 5.75 Å². The number of thiol groups is 1. The molecule has 3 unspecified atom stereocenters. The summed E-state index contributed by atoms with van der Waals surface area (Å²) in [4.78, 5) is 37.3. The van der Waals surface area contributed by atoms with E-state index < -0.39 is 30.3 Å². The number of hydrogen-bond acceptors (Lipinski definition) is 12. The van der Waals surface area contributed by atoms with Crippen LogP contribution in [0.3, 0.4) is 0 Å². The number of amides is 1. The summed E-state index contributed by atoms with van der Waals surface area (Å²) in [6.07, 6.45) is 1.22. The Balaban J connectivity index is 2.75. The molecule has 1 aromatic rings. The zero-order valence-corrected chi connectivity index (χ0v) is 21.0. The number of nitrogens with two attached hydrogens (primary N) is 3. The quantitative estimate of drug-likeness (QED) is 0.0416. The second-order valence-electron chi connectivity index (χ2n) is 7.81. The predicted octanol–water partition coefficient (Wildman–Crippen LogP) is -0.746. The fourth-order valence-corrected chi connectivity index (χ4v) is 3.61. The summed E-state index contributed by atoms with van der Waals surface area (Å²) in [5.74, 6) is -0.528. The van der Waals surface area contributed by atoms with Gasteiger partial charge < -0.3 is 27.6 Å². The van der Waals surface area contributed by atoms with Gasteiger partial charge in [-0.3, -0.25) is 25.1 Å². The number of carbonyl (C=O) groups is 3. The topological polar surface area (TPSA) is 198 Å². The predicted molar refractivity (Wildman–Crippen MR) is 138 cm³/mol. The molecule has 13 heteroatoms. The molecule has 3 atom stereocenters. The monoisotopic (exact) mass is 515 g/mol. The maximum absolute atomic E-state index is 13.2. The minimum Gasteiger partial charge on any atom is -0.508 e. The molecule has 1 amide bonds. The standard InChI is InChI=1S/C21H37N7O4S2/c1-2-16(28-26-11-9-18(30)34-33)19(31)17(4-3-10-25-21(23)24)27-20(32)15(22)12-13-5-7-14(29)8-6-13/h5-8,15-17,21,25-26,28-29,33H,2-4,9-12,22-24H2,1H3,(H,27,32). The van der Waals surface area contributed by atoms with E-state index in [2.05, 4.69) is 33.1 Å². The normalized spacial score (nSPS) is 13.9. The van der Waals surface area contributed by atoms with E-state index in [9.17, 15) is 19.5 Å². The summed E-state index contributed by atoms with van der Waals surface area (Å²) in [6.45, 7) is 2.66. The van der Waals surface area contributed by atoms with Crippen LogP contribution in [0.25, 0.3) is 0 Å². The molecule has 0 saturated carbocycles. The Hall–Kier alpha value is -1.71. The van der Waals surface area contributed by atoms with Gasteiger partial charge in [0.15, 0.2) is 5.78 Å². The van der Waals surface area contributed by atoms with Gasteiger partial charge in [0.25, 0.3) is 0 Å². The lowest BCUT2D eigenvalue weighted by Crippen LogP contribution is -2.56. The number of Topliss-reactive ketones (excluding diaryl/α,β-unsaturated/α-hetero) is 1. The van der Waals surface area contributed by atoms with Gasteiger partial charge >= 0.3 is 0 Å². The summed E-state index contributed by atoms with van der Waals surface area (Å²) in [5, 5.41) is 15.0. The molecule has 1 rings (SSSR count). The number of hydrogen-bond donors (Lipinski definition) is 9. The molecule has 0 spiro atoms. The SMILES string of the molecule is CCC(NNCCC(=O)SS)C(=O)C(CCCNC(N)N)NC(=O)C(N)Cc1ccc(O)cc1. The van der Waals surface area contributed by atoms with Crippen molar-refractivity contribution in [3.05, 3.63) is 29.8 Å². The third-order valence-corrected chi connectivity index (χ3v) is 6.04. The van der Waals surface area contributed by atoms with Gasteiger partial charge in [0.05, 0.1) is 18.1 Å². The summed E-state index contributed by atoms with van der Waals surface area (Å²) in [5.41, 5.74) is 23.7. The van der Waals surface area contributed by atoms with Crippen molar-refractivity contribution in [1.29, 1.82) is 0 Å². The van der Waals surface area contributed by atoms with Crippen molar-refractivity contribution >= 4 is 39.3 Å². The number of ketones is 1. The molecule has 0 radical (unpaired) electrons. The van der Waals surface area contributed by atoms with Crippen LogP contribution in [0.4, 0.5) is 0 Å². The fraction of sp³-hybridized carbons (Fsp3) is 0.571. The van der Waals surface area contributed by atoms with E-state index in [0.29, 0.717) is 32.4 Å². The van der Waals surface area contributed by atoms with Gasteiger partial charge in [-0.1, -0.05) is 19.1 Å². The minimum absolute atomic E-state index is 0.0876. The van der Waals surface area contributed by atoms with E-state index in [1.807, 2.05) is 6.92 Å². The number of carbonyl (C=O) groups excluding carboxylic acids is 3. The van der Waals surface area contributed by atoms with Crippen molar-refractivity contribution in [2.45, 2.75) is 63.4 Å². The van der Waals surface area contributed by atoms with Crippen LogP contribution in [-0.2, 0) is 20.8 Å². The molecule has 0 aliphatic heterocycles. The second kappa shape index (κ2) is 16.8. The zero-order valence-electron chi connectivity index (χ0n) is 19.3. The number of rotatable bonds is 17. The fourth-order valence-electron chi connectivity index (χ4n) is 3.14. The highest BCUT2D eigenvalue weighted by atomic mass is 33.1. The molecular weight excluding hydrogens is 478 g/mol. The Labute approximate surface area is 209 Å². The Morgan fingerprint density at radius 2 is 1.76 bits per heavy atom. The first-order valence-corrected chi connectivity index (χ1v) is 13.0. The minimum atomic E-state index is -0.869. The maximum Gasteiger partial charge on any atom is 0.237 e. The average molecular weight is 516 g/mol. The van der Waals surface area contributed by atoms with Crippen molar-refractivity contribution in [3.8, 4) is 5.75 Å². The molecule has 0 aliphatic rings. The lowest BCUT2D eigenvalue weighted by atomic mass is 9.98. The first-order chi connectivity index (χ1) is 16.2. The largest absolute Gasteiger partial charge is 0.508 e. The number of phenols is 1. The third-order valence-electron chi connectivity index (χ3n) is 5.02. The molecule has 192 valence electrons. The number of aromatic hydroxyl groups is 1. The molecule has 0 aliphatic carbocycles. The van der Waals surface area contributed by atoms with Crippen molar-refractivity contribution in [1.82, 2.24) is 21.5 Å². The van der Waals surface area contributed by atoms with Crippen LogP contribution < -0.4 is 38.7 Å². The van der Waals surface area contributed by atoms with Crippen LogP contribution in [0.2, 0.25) is 0 Å². The molecule has 0 fully saturated rings. The van der Waals surface area contributed by atoms with Gasteiger partial charge in [0, 0.05) is 13.0 Å². The molecule has 0 heterocycles. The highest BCUT2D eigenvalue weighted by Crippen LogP contribution is 2.12. The van der Waals surface area contributed by atoms with Crippen molar-refractivity contribution in [3.63, 3.8) is 0 Å². The molecule has 0 saturated heterocycles. The Kier molecular flexibility index (Phi) is 15.0. The molecule has 0 bridgehead atoms. The first kappa shape index (κ1) is 30.3. The first-order valence-electron chi connectivity index (χ1n) is 11.1. The summed E-state index contributed by atoms with van der Waals surface area (Å²) < 4.78 is 0. The molecule has 11 N–H and O–H groups in total. The highest BCUT2D eigenvalue weighted by Gasteiger charge is 2.28. The van der Waals surface area contributed by atoms with Crippen LogP contribution >= 0.6 is 22.5 Å². The lowest BCUT2D eigenvalue weighted by molar-refractivity contribution is -0.130. The summed E-state index contributed by atoms with van der Waals surface area (Å²) in [7, 11) is 0.850. The van der Waals surface area contributed by atoms with Gasteiger partial charge in [-0.15, -0.1) is 11.7 Å². The van der Waals surface area contributed by atoms with Gasteiger partial charge in [-0.25, -0.2) is 5.43 Å². The number of phenolic OH excluding ortho intramolecular Hbond substituents is 1. The molecule has 34 heavy (non-hydrogen) atoms. The van der Waals surface area contributed by atoms with Crippen molar-refractivity contribution < 1.29 is 19.5 Å². The maximum atomic E-state index is 13.2.